The van der Waals surface area contributed by atoms with Crippen molar-refractivity contribution in [3.8, 4) is 5.75 Å². The first kappa shape index (κ1) is 22.0. The second kappa shape index (κ2) is 10.4. The summed E-state index contributed by atoms with van der Waals surface area (Å²) in [5.41, 5.74) is 1.16. The first-order valence-electron chi connectivity index (χ1n) is 12.1. The molecule has 0 radical (unpaired) electrons. The number of benzene rings is 1. The summed E-state index contributed by atoms with van der Waals surface area (Å²) in [7, 11) is 0. The molecule has 0 N–H and O–H groups in total. The van der Waals surface area contributed by atoms with Gasteiger partial charge in [0.15, 0.2) is 0 Å². The van der Waals surface area contributed by atoms with Gasteiger partial charge in [-0.15, -0.1) is 0 Å². The van der Waals surface area contributed by atoms with Gasteiger partial charge < -0.3 is 33.8 Å². The van der Waals surface area contributed by atoms with Crippen molar-refractivity contribution in [2.24, 2.45) is 0 Å². The van der Waals surface area contributed by atoms with Gasteiger partial charge in [-0.3, -0.25) is 0 Å². The van der Waals surface area contributed by atoms with Gasteiger partial charge in [0, 0.05) is 58.4 Å². The largest absolute Gasteiger partial charge is 0.492 e. The molecule has 2 aromatic rings. The molecule has 0 unspecified atom stereocenters. The summed E-state index contributed by atoms with van der Waals surface area (Å²) in [6, 6.07) is 10.4. The molecule has 4 heterocycles. The van der Waals surface area contributed by atoms with Gasteiger partial charge in [0.2, 0.25) is 5.95 Å². The summed E-state index contributed by atoms with van der Waals surface area (Å²) in [6.07, 6.45) is 0. The van der Waals surface area contributed by atoms with Crippen molar-refractivity contribution in [1.82, 2.24) is 9.97 Å². The van der Waals surface area contributed by atoms with Crippen LogP contribution in [0, 0.1) is 0 Å². The van der Waals surface area contributed by atoms with Gasteiger partial charge in [0.1, 0.15) is 17.4 Å². The van der Waals surface area contributed by atoms with Crippen LogP contribution in [0.15, 0.2) is 30.3 Å². The average molecular weight is 455 g/mol. The highest BCUT2D eigenvalue weighted by atomic mass is 16.5. The van der Waals surface area contributed by atoms with E-state index in [1.54, 1.807) is 0 Å². The van der Waals surface area contributed by atoms with Crippen LogP contribution in [0.1, 0.15) is 6.92 Å². The van der Waals surface area contributed by atoms with E-state index in [1.165, 1.54) is 0 Å². The number of aromatic nitrogens is 2. The molecule has 178 valence electrons. The molecule has 33 heavy (non-hydrogen) atoms. The molecule has 1 aromatic heterocycles. The topological polar surface area (TPSA) is 66.4 Å². The monoisotopic (exact) mass is 454 g/mol. The molecule has 3 fully saturated rings. The highest BCUT2D eigenvalue weighted by molar-refractivity contribution is 5.60. The van der Waals surface area contributed by atoms with E-state index in [1.807, 2.05) is 13.0 Å². The van der Waals surface area contributed by atoms with Crippen LogP contribution in [0.25, 0.3) is 0 Å². The normalized spacial score (nSPS) is 19.7. The molecule has 1 aromatic carbocycles. The van der Waals surface area contributed by atoms with Crippen molar-refractivity contribution in [3.63, 3.8) is 0 Å². The summed E-state index contributed by atoms with van der Waals surface area (Å²) in [4.78, 5) is 19.3. The Morgan fingerprint density at radius 1 is 0.727 bits per heavy atom. The molecule has 0 aliphatic carbocycles. The highest BCUT2D eigenvalue weighted by Gasteiger charge is 2.25. The number of ether oxygens (including phenoxy) is 3. The molecule has 0 saturated carbocycles. The second-order valence-electron chi connectivity index (χ2n) is 8.46. The maximum Gasteiger partial charge on any atom is 0.229 e. The fourth-order valence-corrected chi connectivity index (χ4v) is 4.60. The fourth-order valence-electron chi connectivity index (χ4n) is 4.60. The fraction of sp³-hybridized carbons (Fsp3) is 0.583. The van der Waals surface area contributed by atoms with Crippen molar-refractivity contribution in [2.45, 2.75) is 6.92 Å². The maximum atomic E-state index is 5.86. The molecule has 9 heteroatoms. The summed E-state index contributed by atoms with van der Waals surface area (Å²) < 4.78 is 17.0. The van der Waals surface area contributed by atoms with Gasteiger partial charge >= 0.3 is 0 Å². The van der Waals surface area contributed by atoms with E-state index in [9.17, 15) is 0 Å². The Bertz CT molecular complexity index is 873. The number of rotatable bonds is 6. The van der Waals surface area contributed by atoms with Crippen molar-refractivity contribution >= 4 is 23.3 Å². The Hall–Kier alpha value is -2.78. The molecule has 0 spiro atoms. The first-order chi connectivity index (χ1) is 16.3. The molecule has 5 rings (SSSR count). The number of piperazine rings is 1. The predicted molar refractivity (Wildman–Crippen MR) is 130 cm³/mol. The highest BCUT2D eigenvalue weighted by Crippen LogP contribution is 2.30. The van der Waals surface area contributed by atoms with Crippen LogP contribution in [-0.2, 0) is 9.47 Å². The van der Waals surface area contributed by atoms with Crippen molar-refractivity contribution in [1.29, 1.82) is 0 Å². The molecular formula is C24H34N6O3. The smallest absolute Gasteiger partial charge is 0.229 e. The Kier molecular flexibility index (Phi) is 6.97. The second-order valence-corrected chi connectivity index (χ2v) is 8.46. The lowest BCUT2D eigenvalue weighted by Gasteiger charge is -2.38. The van der Waals surface area contributed by atoms with Gasteiger partial charge in [0.25, 0.3) is 0 Å². The van der Waals surface area contributed by atoms with Crippen LogP contribution in [0.5, 0.6) is 5.75 Å². The molecular weight excluding hydrogens is 420 g/mol. The van der Waals surface area contributed by atoms with Gasteiger partial charge in [-0.1, -0.05) is 12.1 Å². The molecule has 3 saturated heterocycles. The third kappa shape index (κ3) is 5.09. The van der Waals surface area contributed by atoms with Crippen LogP contribution in [0.4, 0.5) is 23.3 Å². The summed E-state index contributed by atoms with van der Waals surface area (Å²) in [5, 5.41) is 0. The first-order valence-corrected chi connectivity index (χ1v) is 12.1. The van der Waals surface area contributed by atoms with Crippen molar-refractivity contribution < 1.29 is 14.2 Å². The number of nitrogens with zero attached hydrogens (tertiary/aromatic N) is 6. The van der Waals surface area contributed by atoms with E-state index >= 15 is 0 Å². The standard InChI is InChI=1S/C24H34N6O3/c1-2-33-21-6-4-3-5-20(21)27-7-9-30(10-8-27)24-25-22(28-11-15-31-16-12-28)19-23(26-24)29-13-17-32-18-14-29/h3-6,19H,2,7-18H2,1H3. The summed E-state index contributed by atoms with van der Waals surface area (Å²) >= 11 is 0. The Balaban J connectivity index is 1.35. The lowest BCUT2D eigenvalue weighted by atomic mass is 10.2. The number of hydrogen-bond acceptors (Lipinski definition) is 9. The van der Waals surface area contributed by atoms with Gasteiger partial charge in [0.05, 0.1) is 38.7 Å². The van der Waals surface area contributed by atoms with E-state index in [0.717, 1.165) is 108 Å². The van der Waals surface area contributed by atoms with E-state index in [-0.39, 0.29) is 0 Å². The SMILES string of the molecule is CCOc1ccccc1N1CCN(c2nc(N3CCOCC3)cc(N3CCOCC3)n2)CC1. The summed E-state index contributed by atoms with van der Waals surface area (Å²) in [5.74, 6) is 3.76. The minimum absolute atomic E-state index is 0.670. The molecule has 9 nitrogen and oxygen atoms in total. The third-order valence-corrected chi connectivity index (χ3v) is 6.43. The zero-order chi connectivity index (χ0) is 22.5. The van der Waals surface area contributed by atoms with E-state index in [2.05, 4.69) is 43.9 Å². The van der Waals surface area contributed by atoms with E-state index in [0.29, 0.717) is 6.61 Å². The van der Waals surface area contributed by atoms with Gasteiger partial charge in [-0.05, 0) is 19.1 Å². The lowest BCUT2D eigenvalue weighted by Crippen LogP contribution is -2.47. The van der Waals surface area contributed by atoms with Crippen LogP contribution in [0.2, 0.25) is 0 Å². The quantitative estimate of drug-likeness (QED) is 0.651. The third-order valence-electron chi connectivity index (χ3n) is 6.43. The van der Waals surface area contributed by atoms with Crippen LogP contribution < -0.4 is 24.3 Å². The van der Waals surface area contributed by atoms with E-state index in [4.69, 9.17) is 24.2 Å². The zero-order valence-corrected chi connectivity index (χ0v) is 19.5. The predicted octanol–water partition coefficient (Wildman–Crippen LogP) is 1.88. The number of para-hydroxylation sites is 2. The minimum Gasteiger partial charge on any atom is -0.492 e. The molecule has 0 atom stereocenters. The summed E-state index contributed by atoms with van der Waals surface area (Å²) in [6.45, 7) is 12.7. The van der Waals surface area contributed by atoms with Crippen LogP contribution in [-0.4, -0.2) is 95.4 Å². The maximum absolute atomic E-state index is 5.86. The van der Waals surface area contributed by atoms with Gasteiger partial charge in [-0.2, -0.15) is 9.97 Å². The zero-order valence-electron chi connectivity index (χ0n) is 19.5. The van der Waals surface area contributed by atoms with Crippen molar-refractivity contribution in [2.75, 3.05) is 105 Å². The average Bonchev–Trinajstić information content (AvgIpc) is 2.90. The molecule has 0 bridgehead atoms. The number of morpholine rings is 2. The van der Waals surface area contributed by atoms with Crippen LogP contribution in [0.3, 0.4) is 0 Å². The number of hydrogen-bond donors (Lipinski definition) is 0. The number of anilines is 4. The molecule has 3 aliphatic heterocycles. The van der Waals surface area contributed by atoms with Gasteiger partial charge in [-0.25, -0.2) is 0 Å². The minimum atomic E-state index is 0.670. The van der Waals surface area contributed by atoms with E-state index < -0.39 is 0 Å². The lowest BCUT2D eigenvalue weighted by molar-refractivity contribution is 0.122. The van der Waals surface area contributed by atoms with Crippen LogP contribution >= 0.6 is 0 Å². The Labute approximate surface area is 195 Å². The molecule has 3 aliphatic rings. The Morgan fingerprint density at radius 3 is 1.85 bits per heavy atom. The Morgan fingerprint density at radius 2 is 1.27 bits per heavy atom. The van der Waals surface area contributed by atoms with Crippen molar-refractivity contribution in [3.05, 3.63) is 30.3 Å². The molecule has 0 amide bonds.